The van der Waals surface area contributed by atoms with E-state index in [-0.39, 0.29) is 16.7 Å². The van der Waals surface area contributed by atoms with Crippen molar-refractivity contribution >= 4 is 5.91 Å². The molecule has 22 heavy (non-hydrogen) atoms. The number of carbonyl (C=O) groups is 1. The maximum Gasteiger partial charge on any atom is 0.573 e. The van der Waals surface area contributed by atoms with Crippen LogP contribution in [-0.4, -0.2) is 12.3 Å². The summed E-state index contributed by atoms with van der Waals surface area (Å²) in [6, 6.07) is 5.74. The lowest BCUT2D eigenvalue weighted by Gasteiger charge is -2.10. The van der Waals surface area contributed by atoms with E-state index in [0.29, 0.717) is 6.07 Å². The normalized spacial score (nSPS) is 11.3. The molecule has 2 N–H and O–H groups in total. The summed E-state index contributed by atoms with van der Waals surface area (Å²) in [5.41, 5.74) is 4.51. The van der Waals surface area contributed by atoms with Gasteiger partial charge in [0.1, 0.15) is 5.75 Å². The Morgan fingerprint density at radius 1 is 1.05 bits per heavy atom. The highest BCUT2D eigenvalue weighted by molar-refractivity contribution is 5.94. The first-order valence-electron chi connectivity index (χ1n) is 5.82. The molecule has 0 unspecified atom stereocenters. The van der Waals surface area contributed by atoms with Gasteiger partial charge >= 0.3 is 6.36 Å². The van der Waals surface area contributed by atoms with E-state index >= 15 is 0 Å². The molecule has 0 heterocycles. The van der Waals surface area contributed by atoms with Crippen molar-refractivity contribution in [3.05, 3.63) is 53.6 Å². The van der Waals surface area contributed by atoms with Gasteiger partial charge in [-0.15, -0.1) is 13.2 Å². The highest BCUT2D eigenvalue weighted by Gasteiger charge is 2.31. The number of amides is 1. The molecule has 0 fully saturated rings. The predicted octanol–water partition coefficient (Wildman–Crippen LogP) is 3.63. The number of rotatable bonds is 3. The summed E-state index contributed by atoms with van der Waals surface area (Å²) < 4.78 is 67.0. The number of halogens is 5. The fraction of sp³-hybridized carbons (Fsp3) is 0.0714. The van der Waals surface area contributed by atoms with Crippen LogP contribution in [-0.2, 0) is 0 Å². The van der Waals surface area contributed by atoms with E-state index in [2.05, 4.69) is 4.74 Å². The van der Waals surface area contributed by atoms with Crippen molar-refractivity contribution < 1.29 is 31.5 Å². The lowest BCUT2D eigenvalue weighted by Crippen LogP contribution is -2.17. The third kappa shape index (κ3) is 3.51. The van der Waals surface area contributed by atoms with Crippen molar-refractivity contribution in [3.8, 4) is 16.9 Å². The van der Waals surface area contributed by atoms with Gasteiger partial charge in [-0.05, 0) is 29.8 Å². The Morgan fingerprint density at radius 3 is 2.14 bits per heavy atom. The summed E-state index contributed by atoms with van der Waals surface area (Å²) in [5, 5.41) is 0. The Bertz CT molecular complexity index is 710. The molecule has 3 nitrogen and oxygen atoms in total. The first kappa shape index (κ1) is 15.7. The summed E-state index contributed by atoms with van der Waals surface area (Å²) in [6.07, 6.45) is -4.86. The maximum atomic E-state index is 13.8. The van der Waals surface area contributed by atoms with Gasteiger partial charge in [-0.3, -0.25) is 4.79 Å². The molecule has 8 heteroatoms. The molecule has 0 spiro atoms. The van der Waals surface area contributed by atoms with Gasteiger partial charge in [0.15, 0.2) is 11.6 Å². The fourth-order valence-corrected chi connectivity index (χ4v) is 1.78. The molecular formula is C14H8F5NO2. The van der Waals surface area contributed by atoms with E-state index in [1.807, 2.05) is 0 Å². The number of hydrogen-bond donors (Lipinski definition) is 1. The second-order valence-corrected chi connectivity index (χ2v) is 4.26. The SMILES string of the molecule is NC(=O)c1cc(F)c(F)c(-c2ccc(OC(F)(F)F)cc2)c1. The second kappa shape index (κ2) is 5.63. The lowest BCUT2D eigenvalue weighted by molar-refractivity contribution is -0.274. The van der Waals surface area contributed by atoms with E-state index in [9.17, 15) is 26.7 Å². The smallest absolute Gasteiger partial charge is 0.406 e. The summed E-state index contributed by atoms with van der Waals surface area (Å²) in [7, 11) is 0. The Hall–Kier alpha value is -2.64. The minimum Gasteiger partial charge on any atom is -0.406 e. The number of carbonyl (C=O) groups excluding carboxylic acids is 1. The van der Waals surface area contributed by atoms with Crippen LogP contribution in [0, 0.1) is 11.6 Å². The van der Waals surface area contributed by atoms with Crippen molar-refractivity contribution in [1.29, 1.82) is 0 Å². The van der Waals surface area contributed by atoms with Crippen molar-refractivity contribution in [2.45, 2.75) is 6.36 Å². The van der Waals surface area contributed by atoms with Gasteiger partial charge in [0, 0.05) is 11.1 Å². The fourth-order valence-electron chi connectivity index (χ4n) is 1.78. The molecule has 0 aromatic heterocycles. The quantitative estimate of drug-likeness (QED) is 0.879. The van der Waals surface area contributed by atoms with Gasteiger partial charge in [0.2, 0.25) is 5.91 Å². The third-order valence-corrected chi connectivity index (χ3v) is 2.71. The molecule has 0 aliphatic rings. The first-order valence-corrected chi connectivity index (χ1v) is 5.82. The highest BCUT2D eigenvalue weighted by Crippen LogP contribution is 2.29. The third-order valence-electron chi connectivity index (χ3n) is 2.71. The van der Waals surface area contributed by atoms with Gasteiger partial charge in [-0.1, -0.05) is 12.1 Å². The van der Waals surface area contributed by atoms with E-state index in [4.69, 9.17) is 5.73 Å². The topological polar surface area (TPSA) is 52.3 Å². The van der Waals surface area contributed by atoms with Crippen molar-refractivity contribution in [1.82, 2.24) is 0 Å². The zero-order valence-corrected chi connectivity index (χ0v) is 10.7. The molecular weight excluding hydrogens is 309 g/mol. The van der Waals surface area contributed by atoms with E-state index in [1.165, 1.54) is 0 Å². The zero-order valence-electron chi connectivity index (χ0n) is 10.7. The molecule has 1 amide bonds. The number of ether oxygens (including phenoxy) is 1. The van der Waals surface area contributed by atoms with Crippen LogP contribution >= 0.6 is 0 Å². The number of nitrogens with two attached hydrogens (primary N) is 1. The molecule has 0 radical (unpaired) electrons. The van der Waals surface area contributed by atoms with Crippen LogP contribution in [0.4, 0.5) is 22.0 Å². The van der Waals surface area contributed by atoms with Crippen molar-refractivity contribution in [2.24, 2.45) is 5.73 Å². The summed E-state index contributed by atoms with van der Waals surface area (Å²) in [6.45, 7) is 0. The Kier molecular flexibility index (Phi) is 4.03. The number of hydrogen-bond acceptors (Lipinski definition) is 2. The average molecular weight is 317 g/mol. The molecule has 0 aliphatic carbocycles. The standard InChI is InChI=1S/C14H8F5NO2/c15-11-6-8(13(20)21)5-10(12(11)16)7-1-3-9(4-2-7)22-14(17,18)19/h1-6H,(H2,20,21). The number of primary amides is 1. The molecule has 116 valence electrons. The molecule has 0 saturated carbocycles. The number of alkyl halides is 3. The summed E-state index contributed by atoms with van der Waals surface area (Å²) in [4.78, 5) is 11.0. The van der Waals surface area contributed by atoms with E-state index < -0.39 is 29.7 Å². The van der Waals surface area contributed by atoms with Crippen LogP contribution < -0.4 is 10.5 Å². The van der Waals surface area contributed by atoms with Gasteiger partial charge in [0.05, 0.1) is 0 Å². The number of benzene rings is 2. The molecule has 2 aromatic carbocycles. The Morgan fingerprint density at radius 2 is 1.64 bits per heavy atom. The summed E-state index contributed by atoms with van der Waals surface area (Å²) in [5.74, 6) is -4.00. The molecule has 2 rings (SSSR count). The molecule has 0 saturated heterocycles. The van der Waals surface area contributed by atoms with Gasteiger partial charge in [-0.25, -0.2) is 8.78 Å². The van der Waals surface area contributed by atoms with Crippen LogP contribution in [0.25, 0.3) is 11.1 Å². The van der Waals surface area contributed by atoms with E-state index in [1.54, 1.807) is 0 Å². The van der Waals surface area contributed by atoms with Crippen LogP contribution in [0.15, 0.2) is 36.4 Å². The minimum atomic E-state index is -4.86. The first-order chi connectivity index (χ1) is 10.2. The summed E-state index contributed by atoms with van der Waals surface area (Å²) >= 11 is 0. The van der Waals surface area contributed by atoms with Crippen molar-refractivity contribution in [2.75, 3.05) is 0 Å². The Labute approximate surface area is 121 Å². The zero-order chi connectivity index (χ0) is 16.5. The molecule has 0 aliphatic heterocycles. The lowest BCUT2D eigenvalue weighted by atomic mass is 10.0. The monoisotopic (exact) mass is 317 g/mol. The molecule has 0 bridgehead atoms. The predicted molar refractivity (Wildman–Crippen MR) is 67.0 cm³/mol. The van der Waals surface area contributed by atoms with Gasteiger partial charge in [-0.2, -0.15) is 0 Å². The highest BCUT2D eigenvalue weighted by atomic mass is 19.4. The largest absolute Gasteiger partial charge is 0.573 e. The molecule has 2 aromatic rings. The average Bonchev–Trinajstić information content (AvgIpc) is 2.41. The van der Waals surface area contributed by atoms with Crippen LogP contribution in [0.3, 0.4) is 0 Å². The van der Waals surface area contributed by atoms with Crippen LogP contribution in [0.5, 0.6) is 5.75 Å². The maximum absolute atomic E-state index is 13.8. The van der Waals surface area contributed by atoms with E-state index in [0.717, 1.165) is 30.3 Å². The van der Waals surface area contributed by atoms with Crippen LogP contribution in [0.2, 0.25) is 0 Å². The molecule has 0 atom stereocenters. The Balaban J connectivity index is 2.42. The minimum absolute atomic E-state index is 0.0639. The van der Waals surface area contributed by atoms with Crippen LogP contribution in [0.1, 0.15) is 10.4 Å². The van der Waals surface area contributed by atoms with Gasteiger partial charge in [0.25, 0.3) is 0 Å². The van der Waals surface area contributed by atoms with Crippen molar-refractivity contribution in [3.63, 3.8) is 0 Å². The van der Waals surface area contributed by atoms with Gasteiger partial charge < -0.3 is 10.5 Å². The second-order valence-electron chi connectivity index (χ2n) is 4.26.